The molecule has 29 heavy (non-hydrogen) atoms. The van der Waals surface area contributed by atoms with Crippen molar-refractivity contribution in [2.45, 2.75) is 18.9 Å². The van der Waals surface area contributed by atoms with Crippen LogP contribution < -0.4 is 18.9 Å². The van der Waals surface area contributed by atoms with E-state index in [1.807, 2.05) is 19.2 Å². The Kier molecular flexibility index (Phi) is 4.74. The van der Waals surface area contributed by atoms with Crippen LogP contribution in [0.4, 0.5) is 5.69 Å². The monoisotopic (exact) mass is 400 g/mol. The van der Waals surface area contributed by atoms with Crippen LogP contribution in [-0.4, -0.2) is 51.9 Å². The van der Waals surface area contributed by atoms with Gasteiger partial charge in [-0.1, -0.05) is 0 Å². The maximum atomic E-state index is 12.0. The number of rotatable bonds is 5. The van der Waals surface area contributed by atoms with Gasteiger partial charge in [-0.3, -0.25) is 15.0 Å². The molecule has 0 saturated carbocycles. The molecule has 8 heteroatoms. The third-order valence-electron chi connectivity index (χ3n) is 5.99. The minimum Gasteiger partial charge on any atom is -0.493 e. The van der Waals surface area contributed by atoms with Crippen LogP contribution in [0.3, 0.4) is 0 Å². The average Bonchev–Trinajstić information content (AvgIpc) is 2.73. The van der Waals surface area contributed by atoms with Gasteiger partial charge in [-0.05, 0) is 48.7 Å². The maximum Gasteiger partial charge on any atom is 0.318 e. The van der Waals surface area contributed by atoms with Gasteiger partial charge in [-0.2, -0.15) is 0 Å². The highest BCUT2D eigenvalue weighted by atomic mass is 16.6. The number of methoxy groups -OCH3 is 4. The molecule has 2 aromatic rings. The van der Waals surface area contributed by atoms with E-state index in [2.05, 4.69) is 4.90 Å². The van der Waals surface area contributed by atoms with Crippen LogP contribution in [0.15, 0.2) is 12.1 Å². The van der Waals surface area contributed by atoms with Crippen LogP contribution in [0.1, 0.15) is 22.7 Å². The molecule has 0 unspecified atom stereocenters. The SMILES string of the molecule is COc1cc2c(cc1OC)-c1c(OC)c(OC)c([N+](=O)[O-])c3c1[C@H](C2)N(C)CC3. The molecule has 0 fully saturated rings. The summed E-state index contributed by atoms with van der Waals surface area (Å²) in [6, 6.07) is 3.91. The van der Waals surface area contributed by atoms with Crippen molar-refractivity contribution in [3.63, 3.8) is 0 Å². The van der Waals surface area contributed by atoms with E-state index in [-0.39, 0.29) is 22.4 Å². The summed E-state index contributed by atoms with van der Waals surface area (Å²) in [4.78, 5) is 13.9. The molecular weight excluding hydrogens is 376 g/mol. The predicted octanol–water partition coefficient (Wildman–Crippen LogP) is 3.38. The Morgan fingerprint density at radius 3 is 2.28 bits per heavy atom. The van der Waals surface area contributed by atoms with Gasteiger partial charge in [-0.25, -0.2) is 0 Å². The van der Waals surface area contributed by atoms with Crippen LogP contribution in [0.5, 0.6) is 23.0 Å². The van der Waals surface area contributed by atoms with Crippen LogP contribution in [-0.2, 0) is 12.8 Å². The second-order valence-electron chi connectivity index (χ2n) is 7.25. The Morgan fingerprint density at radius 2 is 1.69 bits per heavy atom. The molecule has 1 atom stereocenters. The van der Waals surface area contributed by atoms with Crippen LogP contribution in [0, 0.1) is 10.1 Å². The molecule has 0 bridgehead atoms. The number of nitrogens with zero attached hydrogens (tertiary/aromatic N) is 2. The Bertz CT molecular complexity index is 1000. The van der Waals surface area contributed by atoms with Gasteiger partial charge in [0, 0.05) is 23.7 Å². The number of hydrogen-bond donors (Lipinski definition) is 0. The fourth-order valence-electron chi connectivity index (χ4n) is 4.68. The Hall–Kier alpha value is -3.00. The lowest BCUT2D eigenvalue weighted by molar-refractivity contribution is -0.386. The summed E-state index contributed by atoms with van der Waals surface area (Å²) >= 11 is 0. The van der Waals surface area contributed by atoms with Gasteiger partial charge >= 0.3 is 5.69 Å². The molecule has 1 aliphatic carbocycles. The van der Waals surface area contributed by atoms with E-state index in [9.17, 15) is 10.1 Å². The number of nitro groups is 1. The van der Waals surface area contributed by atoms with Crippen molar-refractivity contribution in [1.82, 2.24) is 4.90 Å². The van der Waals surface area contributed by atoms with Crippen molar-refractivity contribution < 1.29 is 23.9 Å². The first-order valence-corrected chi connectivity index (χ1v) is 9.37. The molecule has 0 saturated heterocycles. The highest BCUT2D eigenvalue weighted by Crippen LogP contribution is 2.57. The second kappa shape index (κ2) is 7.11. The van der Waals surface area contributed by atoms with Crippen LogP contribution in [0.2, 0.25) is 0 Å². The zero-order valence-corrected chi connectivity index (χ0v) is 17.2. The number of fused-ring (bicyclic) bond motifs is 2. The van der Waals surface area contributed by atoms with Crippen LogP contribution in [0.25, 0.3) is 11.1 Å². The van der Waals surface area contributed by atoms with Gasteiger partial charge in [0.15, 0.2) is 17.2 Å². The molecule has 1 aliphatic heterocycles. The molecule has 8 nitrogen and oxygen atoms in total. The number of likely N-dealkylation sites (N-methyl/N-ethyl adjacent to an activating group) is 1. The molecule has 1 heterocycles. The van der Waals surface area contributed by atoms with Gasteiger partial charge in [0.2, 0.25) is 5.75 Å². The summed E-state index contributed by atoms with van der Waals surface area (Å²) < 4.78 is 22.2. The van der Waals surface area contributed by atoms with Crippen molar-refractivity contribution >= 4 is 5.69 Å². The van der Waals surface area contributed by atoms with Gasteiger partial charge in [0.05, 0.1) is 33.4 Å². The van der Waals surface area contributed by atoms with Gasteiger partial charge in [-0.15, -0.1) is 0 Å². The highest BCUT2D eigenvalue weighted by Gasteiger charge is 2.42. The standard InChI is InChI=1S/C21H24N2O6/c1-22-7-6-12-17-14(22)8-11-9-15(26-2)16(27-3)10-13(11)18(17)20(28-4)21(29-5)19(12)23(24)25/h9-10,14H,6-8H2,1-5H3/t14-/m0/s1. The smallest absolute Gasteiger partial charge is 0.318 e. The van der Waals surface area contributed by atoms with Gasteiger partial charge in [0.25, 0.3) is 0 Å². The first-order chi connectivity index (χ1) is 14.0. The van der Waals surface area contributed by atoms with Crippen molar-refractivity contribution in [1.29, 1.82) is 0 Å². The zero-order valence-electron chi connectivity index (χ0n) is 17.2. The summed E-state index contributed by atoms with van der Waals surface area (Å²) in [6.07, 6.45) is 1.30. The average molecular weight is 400 g/mol. The molecule has 0 radical (unpaired) electrons. The molecule has 154 valence electrons. The molecule has 2 aromatic carbocycles. The summed E-state index contributed by atoms with van der Waals surface area (Å²) in [6.45, 7) is 0.732. The summed E-state index contributed by atoms with van der Waals surface area (Å²) in [5.74, 6) is 1.80. The molecular formula is C21H24N2O6. The van der Waals surface area contributed by atoms with E-state index in [4.69, 9.17) is 18.9 Å². The largest absolute Gasteiger partial charge is 0.493 e. The number of ether oxygens (including phenoxy) is 4. The Labute approximate surface area is 169 Å². The lowest BCUT2D eigenvalue weighted by atomic mass is 9.75. The minimum atomic E-state index is -0.358. The molecule has 4 rings (SSSR count). The van der Waals surface area contributed by atoms with Gasteiger partial charge < -0.3 is 18.9 Å². The third-order valence-corrected chi connectivity index (χ3v) is 5.99. The normalized spacial score (nSPS) is 17.2. The lowest BCUT2D eigenvalue weighted by Crippen LogP contribution is -2.36. The number of nitro benzene ring substituents is 1. The zero-order chi connectivity index (χ0) is 20.9. The summed E-state index contributed by atoms with van der Waals surface area (Å²) in [7, 11) is 8.20. The third kappa shape index (κ3) is 2.70. The first-order valence-electron chi connectivity index (χ1n) is 9.37. The molecule has 0 N–H and O–H groups in total. The van der Waals surface area contributed by atoms with Gasteiger partial charge in [0.1, 0.15) is 0 Å². The first kappa shape index (κ1) is 19.3. The Balaban J connectivity index is 2.14. The summed E-state index contributed by atoms with van der Waals surface area (Å²) in [5, 5.41) is 12.0. The quantitative estimate of drug-likeness (QED) is 0.562. The van der Waals surface area contributed by atoms with E-state index in [1.54, 1.807) is 14.2 Å². The van der Waals surface area contributed by atoms with Crippen molar-refractivity contribution in [3.8, 4) is 34.1 Å². The highest BCUT2D eigenvalue weighted by molar-refractivity contribution is 5.88. The topological polar surface area (TPSA) is 83.3 Å². The fraction of sp³-hybridized carbons (Fsp3) is 0.429. The number of benzene rings is 2. The molecule has 0 spiro atoms. The molecule has 0 aromatic heterocycles. The van der Waals surface area contributed by atoms with E-state index < -0.39 is 0 Å². The Morgan fingerprint density at radius 1 is 1.03 bits per heavy atom. The predicted molar refractivity (Wildman–Crippen MR) is 108 cm³/mol. The van der Waals surface area contributed by atoms with E-state index in [1.165, 1.54) is 14.2 Å². The lowest BCUT2D eigenvalue weighted by Gasteiger charge is -2.40. The van der Waals surface area contributed by atoms with E-state index in [0.717, 1.165) is 40.8 Å². The van der Waals surface area contributed by atoms with Crippen molar-refractivity contribution in [2.75, 3.05) is 42.0 Å². The summed E-state index contributed by atoms with van der Waals surface area (Å²) in [5.41, 5.74) is 4.52. The van der Waals surface area contributed by atoms with Crippen LogP contribution >= 0.6 is 0 Å². The number of hydrogen-bond acceptors (Lipinski definition) is 7. The fourth-order valence-corrected chi connectivity index (χ4v) is 4.68. The second-order valence-corrected chi connectivity index (χ2v) is 7.25. The van der Waals surface area contributed by atoms with E-state index in [0.29, 0.717) is 23.7 Å². The van der Waals surface area contributed by atoms with Crippen molar-refractivity contribution in [3.05, 3.63) is 38.9 Å². The van der Waals surface area contributed by atoms with Crippen molar-refractivity contribution in [2.24, 2.45) is 0 Å². The van der Waals surface area contributed by atoms with E-state index >= 15 is 0 Å². The minimum absolute atomic E-state index is 0.00475. The molecule has 0 amide bonds. The maximum absolute atomic E-state index is 12.0. The molecule has 2 aliphatic rings.